The number of rotatable bonds is 5. The Kier molecular flexibility index (Phi) is 5.35. The van der Waals surface area contributed by atoms with Crippen LogP contribution in [0.15, 0.2) is 41.2 Å². The van der Waals surface area contributed by atoms with Crippen LogP contribution in [0.25, 0.3) is 0 Å². The Morgan fingerprint density at radius 1 is 1.13 bits per heavy atom. The summed E-state index contributed by atoms with van der Waals surface area (Å²) >= 11 is 0.599. The van der Waals surface area contributed by atoms with Crippen molar-refractivity contribution in [1.29, 1.82) is 0 Å². The molecular formula is C20H18F4N4OS. The van der Waals surface area contributed by atoms with Gasteiger partial charge in [0.25, 0.3) is 0 Å². The van der Waals surface area contributed by atoms with Gasteiger partial charge < -0.3 is 5.32 Å². The van der Waals surface area contributed by atoms with Crippen molar-refractivity contribution in [3.8, 4) is 0 Å². The molecule has 0 radical (unpaired) electrons. The van der Waals surface area contributed by atoms with Gasteiger partial charge in [0.2, 0.25) is 5.95 Å². The Balaban J connectivity index is 1.40. The molecule has 4 rings (SSSR count). The van der Waals surface area contributed by atoms with E-state index in [0.29, 0.717) is 28.0 Å². The topological polar surface area (TPSA) is 59.8 Å². The molecule has 1 aliphatic carbocycles. The van der Waals surface area contributed by atoms with Crippen LogP contribution in [-0.2, 0) is 12.7 Å². The minimum atomic E-state index is -4.40. The molecule has 0 saturated heterocycles. The number of anilines is 1. The molecule has 1 fully saturated rings. The largest absolute Gasteiger partial charge is 0.425 e. The standard InChI is InChI=1S/C20H18F4N4OS/c1-11-25-18(26-15-8-13(9-15)12-2-4-14(21)5-3-12)27-19(29)28(11)10-16-6-7-17(30-16)20(22,23)24/h2-7,13,15H,8-10H2,1H3,(H,26,27,29). The smallest absolute Gasteiger partial charge is 0.351 e. The predicted molar refractivity (Wildman–Crippen MR) is 105 cm³/mol. The van der Waals surface area contributed by atoms with Gasteiger partial charge in [0.1, 0.15) is 16.5 Å². The van der Waals surface area contributed by atoms with E-state index < -0.39 is 16.7 Å². The molecule has 2 heterocycles. The van der Waals surface area contributed by atoms with Gasteiger partial charge >= 0.3 is 11.9 Å². The monoisotopic (exact) mass is 438 g/mol. The fraction of sp³-hybridized carbons (Fsp3) is 0.350. The second kappa shape index (κ2) is 7.82. The van der Waals surface area contributed by atoms with Crippen molar-refractivity contribution in [1.82, 2.24) is 14.5 Å². The summed E-state index contributed by atoms with van der Waals surface area (Å²) in [6.07, 6.45) is -2.78. The first-order valence-corrected chi connectivity index (χ1v) is 10.1. The van der Waals surface area contributed by atoms with E-state index in [-0.39, 0.29) is 24.4 Å². The average molecular weight is 438 g/mol. The third kappa shape index (κ3) is 4.38. The maximum absolute atomic E-state index is 13.0. The van der Waals surface area contributed by atoms with Crippen molar-refractivity contribution in [2.75, 3.05) is 5.32 Å². The summed E-state index contributed by atoms with van der Waals surface area (Å²) in [4.78, 5) is 20.3. The zero-order valence-corrected chi connectivity index (χ0v) is 16.7. The molecule has 3 aromatic rings. The second-order valence-electron chi connectivity index (χ2n) is 7.29. The molecule has 10 heteroatoms. The van der Waals surface area contributed by atoms with Crippen LogP contribution in [0.2, 0.25) is 0 Å². The number of hydrogen-bond acceptors (Lipinski definition) is 5. The first-order valence-electron chi connectivity index (χ1n) is 9.32. The van der Waals surface area contributed by atoms with Crippen LogP contribution in [0.1, 0.15) is 39.9 Å². The van der Waals surface area contributed by atoms with Gasteiger partial charge in [0, 0.05) is 10.9 Å². The molecular weight excluding hydrogens is 420 g/mol. The molecule has 0 bridgehead atoms. The summed E-state index contributed by atoms with van der Waals surface area (Å²) in [5.74, 6) is 0.618. The Labute approximate surface area is 173 Å². The van der Waals surface area contributed by atoms with Crippen molar-refractivity contribution < 1.29 is 17.6 Å². The lowest BCUT2D eigenvalue weighted by atomic mass is 9.76. The number of benzene rings is 1. The van der Waals surface area contributed by atoms with Gasteiger partial charge in [-0.25, -0.2) is 9.18 Å². The van der Waals surface area contributed by atoms with Gasteiger partial charge in [-0.3, -0.25) is 4.57 Å². The van der Waals surface area contributed by atoms with Gasteiger partial charge in [0.15, 0.2) is 0 Å². The van der Waals surface area contributed by atoms with Gasteiger partial charge in [-0.1, -0.05) is 12.1 Å². The first-order chi connectivity index (χ1) is 14.2. The Bertz CT molecular complexity index is 1100. The lowest BCUT2D eigenvalue weighted by molar-refractivity contribution is -0.134. The van der Waals surface area contributed by atoms with E-state index in [0.717, 1.165) is 24.5 Å². The summed E-state index contributed by atoms with van der Waals surface area (Å²) in [7, 11) is 0. The molecule has 1 N–H and O–H groups in total. The summed E-state index contributed by atoms with van der Waals surface area (Å²) in [6.45, 7) is 1.61. The first kappa shape index (κ1) is 20.5. The summed E-state index contributed by atoms with van der Waals surface area (Å²) in [5.41, 5.74) is 0.498. The van der Waals surface area contributed by atoms with Crippen molar-refractivity contribution in [2.24, 2.45) is 0 Å². The maximum Gasteiger partial charge on any atom is 0.425 e. The van der Waals surface area contributed by atoms with Crippen molar-refractivity contribution in [2.45, 2.75) is 44.4 Å². The lowest BCUT2D eigenvalue weighted by Gasteiger charge is -2.36. The highest BCUT2D eigenvalue weighted by atomic mass is 32.1. The van der Waals surface area contributed by atoms with E-state index in [1.807, 2.05) is 0 Å². The van der Waals surface area contributed by atoms with Crippen molar-refractivity contribution in [3.63, 3.8) is 0 Å². The number of nitrogens with zero attached hydrogens (tertiary/aromatic N) is 3. The molecule has 30 heavy (non-hydrogen) atoms. The van der Waals surface area contributed by atoms with Crippen molar-refractivity contribution >= 4 is 17.3 Å². The van der Waals surface area contributed by atoms with Crippen LogP contribution in [0, 0.1) is 12.7 Å². The summed E-state index contributed by atoms with van der Waals surface area (Å²) < 4.78 is 52.5. The molecule has 1 saturated carbocycles. The highest BCUT2D eigenvalue weighted by Gasteiger charge is 2.33. The third-order valence-corrected chi connectivity index (χ3v) is 6.27. The summed E-state index contributed by atoms with van der Waals surface area (Å²) in [6, 6.07) is 8.88. The van der Waals surface area contributed by atoms with E-state index in [2.05, 4.69) is 15.3 Å². The molecule has 1 aliphatic rings. The molecule has 2 aromatic heterocycles. The van der Waals surface area contributed by atoms with E-state index in [9.17, 15) is 22.4 Å². The molecule has 0 atom stereocenters. The van der Waals surface area contributed by atoms with E-state index in [4.69, 9.17) is 0 Å². The molecule has 158 valence electrons. The van der Waals surface area contributed by atoms with Crippen molar-refractivity contribution in [3.05, 3.63) is 73.8 Å². The minimum Gasteiger partial charge on any atom is -0.351 e. The van der Waals surface area contributed by atoms with E-state index in [1.165, 1.54) is 22.8 Å². The Hall–Kier alpha value is -2.75. The van der Waals surface area contributed by atoms with E-state index >= 15 is 0 Å². The maximum atomic E-state index is 13.0. The number of nitrogens with one attached hydrogen (secondary N) is 1. The average Bonchev–Trinajstić information content (AvgIpc) is 3.11. The normalized spacial score (nSPS) is 18.8. The van der Waals surface area contributed by atoms with Crippen LogP contribution in [0.5, 0.6) is 0 Å². The van der Waals surface area contributed by atoms with Gasteiger partial charge in [0.05, 0.1) is 6.54 Å². The quantitative estimate of drug-likeness (QED) is 0.593. The van der Waals surface area contributed by atoms with Crippen LogP contribution >= 0.6 is 11.3 Å². The molecule has 0 unspecified atom stereocenters. The van der Waals surface area contributed by atoms with Crippen LogP contribution in [-0.4, -0.2) is 20.6 Å². The van der Waals surface area contributed by atoms with Crippen LogP contribution < -0.4 is 11.0 Å². The minimum absolute atomic E-state index is 0.0121. The Morgan fingerprint density at radius 3 is 2.43 bits per heavy atom. The molecule has 0 spiro atoms. The number of aromatic nitrogens is 3. The highest BCUT2D eigenvalue weighted by Crippen LogP contribution is 2.38. The van der Waals surface area contributed by atoms with E-state index in [1.54, 1.807) is 19.1 Å². The number of thiophene rings is 1. The zero-order chi connectivity index (χ0) is 21.5. The number of aryl methyl sites for hydroxylation is 1. The van der Waals surface area contributed by atoms with Crippen LogP contribution in [0.3, 0.4) is 0 Å². The lowest BCUT2D eigenvalue weighted by Crippen LogP contribution is -2.36. The highest BCUT2D eigenvalue weighted by molar-refractivity contribution is 7.12. The third-order valence-electron chi connectivity index (χ3n) is 5.16. The number of alkyl halides is 3. The van der Waals surface area contributed by atoms with Crippen LogP contribution in [0.4, 0.5) is 23.5 Å². The molecule has 5 nitrogen and oxygen atoms in total. The van der Waals surface area contributed by atoms with Gasteiger partial charge in [-0.2, -0.15) is 23.1 Å². The number of hydrogen-bond donors (Lipinski definition) is 1. The Morgan fingerprint density at radius 2 is 1.83 bits per heavy atom. The zero-order valence-electron chi connectivity index (χ0n) is 15.9. The number of halogens is 4. The molecule has 1 aromatic carbocycles. The van der Waals surface area contributed by atoms with Gasteiger partial charge in [-0.05, 0) is 55.5 Å². The second-order valence-corrected chi connectivity index (χ2v) is 8.46. The molecule has 0 amide bonds. The fourth-order valence-corrected chi connectivity index (χ4v) is 4.34. The molecule has 0 aliphatic heterocycles. The van der Waals surface area contributed by atoms with Gasteiger partial charge in [-0.15, -0.1) is 11.3 Å². The summed E-state index contributed by atoms with van der Waals surface area (Å²) in [5, 5.41) is 3.13. The predicted octanol–water partition coefficient (Wildman–Crippen LogP) is 4.57. The fourth-order valence-electron chi connectivity index (χ4n) is 3.47. The SMILES string of the molecule is Cc1nc(NC2CC(c3ccc(F)cc3)C2)nc(=O)n1Cc1ccc(C(F)(F)F)s1.